The van der Waals surface area contributed by atoms with E-state index in [1.54, 1.807) is 11.0 Å². The summed E-state index contributed by atoms with van der Waals surface area (Å²) >= 11 is 0. The Balaban J connectivity index is 1.74. The molecular weight excluding hydrogens is 366 g/mol. The Bertz CT molecular complexity index is 825. The molecule has 0 spiro atoms. The first-order chi connectivity index (χ1) is 12.8. The Morgan fingerprint density at radius 3 is 2.44 bits per heavy atom. The highest BCUT2D eigenvalue weighted by Gasteiger charge is 2.53. The number of amides is 2. The van der Waals surface area contributed by atoms with Gasteiger partial charge >= 0.3 is 0 Å². The second-order valence-corrected chi connectivity index (χ2v) is 8.77. The number of sulfonamides is 1. The van der Waals surface area contributed by atoms with Crippen LogP contribution in [0.3, 0.4) is 0 Å². The van der Waals surface area contributed by atoms with Crippen LogP contribution < -0.4 is 0 Å². The molecule has 0 aromatic heterocycles. The van der Waals surface area contributed by atoms with Crippen LogP contribution in [-0.4, -0.2) is 59.7 Å². The highest BCUT2D eigenvalue weighted by atomic mass is 32.2. The molecular formula is C19H25N3O4S. The highest BCUT2D eigenvalue weighted by Crippen LogP contribution is 2.40. The summed E-state index contributed by atoms with van der Waals surface area (Å²) in [5, 5.41) is 0. The SMILES string of the molecule is CCC[C@H]1C(=O)N(S(C)(=O)=O)C2=CCN(C(=O)CCN3C=CC=CC=C3)[C@@H]21. The Morgan fingerprint density at radius 1 is 1.19 bits per heavy atom. The zero-order chi connectivity index (χ0) is 19.6. The van der Waals surface area contributed by atoms with Crippen LogP contribution >= 0.6 is 0 Å². The Labute approximate surface area is 160 Å². The zero-order valence-electron chi connectivity index (χ0n) is 15.6. The van der Waals surface area contributed by atoms with Crippen LogP contribution in [0.4, 0.5) is 0 Å². The van der Waals surface area contributed by atoms with E-state index in [1.807, 2.05) is 48.5 Å². The molecule has 27 heavy (non-hydrogen) atoms. The van der Waals surface area contributed by atoms with Gasteiger partial charge in [0.05, 0.1) is 23.9 Å². The minimum absolute atomic E-state index is 0.0745. The molecule has 3 heterocycles. The molecule has 7 nitrogen and oxygen atoms in total. The zero-order valence-corrected chi connectivity index (χ0v) is 16.4. The summed E-state index contributed by atoms with van der Waals surface area (Å²) in [6, 6.07) is -0.475. The molecule has 1 fully saturated rings. The van der Waals surface area contributed by atoms with Crippen molar-refractivity contribution in [2.75, 3.05) is 19.3 Å². The van der Waals surface area contributed by atoms with Crippen molar-refractivity contribution in [2.24, 2.45) is 5.92 Å². The van der Waals surface area contributed by atoms with Gasteiger partial charge in [-0.1, -0.05) is 25.5 Å². The summed E-state index contributed by atoms with van der Waals surface area (Å²) in [4.78, 5) is 29.1. The van der Waals surface area contributed by atoms with Crippen molar-refractivity contribution < 1.29 is 18.0 Å². The van der Waals surface area contributed by atoms with Crippen molar-refractivity contribution in [3.8, 4) is 0 Å². The summed E-state index contributed by atoms with van der Waals surface area (Å²) in [7, 11) is -3.70. The molecule has 0 aromatic carbocycles. The number of rotatable bonds is 6. The second-order valence-electron chi connectivity index (χ2n) is 6.94. The Kier molecular flexibility index (Phi) is 5.55. The third-order valence-corrected chi connectivity index (χ3v) is 6.05. The predicted octanol–water partition coefficient (Wildman–Crippen LogP) is 1.59. The number of hydrogen-bond donors (Lipinski definition) is 0. The van der Waals surface area contributed by atoms with E-state index in [2.05, 4.69) is 0 Å². The normalized spacial score (nSPS) is 24.4. The fourth-order valence-electron chi connectivity index (χ4n) is 3.85. The van der Waals surface area contributed by atoms with E-state index in [0.29, 0.717) is 25.2 Å². The predicted molar refractivity (Wildman–Crippen MR) is 102 cm³/mol. The van der Waals surface area contributed by atoms with Gasteiger partial charge in [-0.25, -0.2) is 12.7 Å². The van der Waals surface area contributed by atoms with Gasteiger partial charge in [-0.05, 0) is 24.6 Å². The maximum atomic E-state index is 12.9. The average molecular weight is 391 g/mol. The average Bonchev–Trinajstić information content (AvgIpc) is 2.99. The van der Waals surface area contributed by atoms with Crippen molar-refractivity contribution in [3.63, 3.8) is 0 Å². The van der Waals surface area contributed by atoms with E-state index in [9.17, 15) is 18.0 Å². The number of carbonyl (C=O) groups excluding carboxylic acids is 2. The first-order valence-electron chi connectivity index (χ1n) is 9.15. The lowest BCUT2D eigenvalue weighted by Crippen LogP contribution is -2.41. The van der Waals surface area contributed by atoms with Gasteiger partial charge in [0.1, 0.15) is 0 Å². The first-order valence-corrected chi connectivity index (χ1v) is 11.0. The van der Waals surface area contributed by atoms with Crippen LogP contribution in [0.5, 0.6) is 0 Å². The van der Waals surface area contributed by atoms with E-state index in [1.165, 1.54) is 0 Å². The number of fused-ring (bicyclic) bond motifs is 1. The minimum Gasteiger partial charge on any atom is -0.354 e. The van der Waals surface area contributed by atoms with E-state index in [-0.39, 0.29) is 12.3 Å². The Morgan fingerprint density at radius 2 is 1.85 bits per heavy atom. The van der Waals surface area contributed by atoms with Crippen molar-refractivity contribution in [3.05, 3.63) is 48.5 Å². The third-order valence-electron chi connectivity index (χ3n) is 4.99. The van der Waals surface area contributed by atoms with Crippen LogP contribution in [0.15, 0.2) is 48.5 Å². The van der Waals surface area contributed by atoms with Crippen LogP contribution in [-0.2, 0) is 19.6 Å². The molecule has 2 amide bonds. The smallest absolute Gasteiger partial charge is 0.246 e. The Hall–Kier alpha value is -2.35. The van der Waals surface area contributed by atoms with Gasteiger partial charge in [-0.3, -0.25) is 9.59 Å². The third kappa shape index (κ3) is 3.85. The lowest BCUT2D eigenvalue weighted by atomic mass is 9.96. The van der Waals surface area contributed by atoms with Gasteiger partial charge < -0.3 is 9.80 Å². The molecule has 0 bridgehead atoms. The molecule has 1 saturated heterocycles. The topological polar surface area (TPSA) is 78.0 Å². The summed E-state index contributed by atoms with van der Waals surface area (Å²) < 4.78 is 25.1. The molecule has 0 saturated carbocycles. The van der Waals surface area contributed by atoms with Crippen molar-refractivity contribution in [1.82, 2.24) is 14.1 Å². The fraction of sp³-hybridized carbons (Fsp3) is 0.474. The molecule has 3 aliphatic heterocycles. The summed E-state index contributed by atoms with van der Waals surface area (Å²) in [6.07, 6.45) is 15.7. The standard InChI is InChI=1S/C19H25N3O4S/c1-3-8-15-18-16(22(19(15)24)27(2,25)26)9-14-21(18)17(23)10-13-20-11-6-4-5-7-12-20/h4-7,9,11-12,15,18H,3,8,10,13-14H2,1-2H3/t15-,18-/m1/s1. The summed E-state index contributed by atoms with van der Waals surface area (Å²) in [6.45, 7) is 2.81. The van der Waals surface area contributed by atoms with Crippen LogP contribution in [0.1, 0.15) is 26.2 Å². The quantitative estimate of drug-likeness (QED) is 0.687. The maximum absolute atomic E-state index is 12.9. The molecule has 0 radical (unpaired) electrons. The molecule has 2 atom stereocenters. The van der Waals surface area contributed by atoms with E-state index in [0.717, 1.165) is 17.0 Å². The first kappa shape index (κ1) is 19.4. The lowest BCUT2D eigenvalue weighted by molar-refractivity contribution is -0.133. The number of allylic oxidation sites excluding steroid dienone is 4. The van der Waals surface area contributed by atoms with Crippen LogP contribution in [0.2, 0.25) is 0 Å². The van der Waals surface area contributed by atoms with Gasteiger partial charge in [0.25, 0.3) is 0 Å². The van der Waals surface area contributed by atoms with Crippen LogP contribution in [0, 0.1) is 5.92 Å². The molecule has 3 rings (SSSR count). The number of hydrogen-bond acceptors (Lipinski definition) is 5. The highest BCUT2D eigenvalue weighted by molar-refractivity contribution is 7.89. The largest absolute Gasteiger partial charge is 0.354 e. The molecule has 0 aliphatic carbocycles. The van der Waals surface area contributed by atoms with E-state index < -0.39 is 27.9 Å². The van der Waals surface area contributed by atoms with Gasteiger partial charge in [0.15, 0.2) is 0 Å². The molecule has 3 aliphatic rings. The van der Waals surface area contributed by atoms with Crippen molar-refractivity contribution >= 4 is 21.8 Å². The number of carbonyl (C=O) groups is 2. The molecule has 0 unspecified atom stereocenters. The van der Waals surface area contributed by atoms with Gasteiger partial charge in [0.2, 0.25) is 21.8 Å². The monoisotopic (exact) mass is 391 g/mol. The fourth-order valence-corrected chi connectivity index (χ4v) is 4.87. The van der Waals surface area contributed by atoms with Crippen LogP contribution in [0.25, 0.3) is 0 Å². The van der Waals surface area contributed by atoms with Gasteiger partial charge in [-0.2, -0.15) is 0 Å². The van der Waals surface area contributed by atoms with E-state index in [4.69, 9.17) is 0 Å². The molecule has 0 N–H and O–H groups in total. The van der Waals surface area contributed by atoms with Crippen molar-refractivity contribution in [2.45, 2.75) is 32.2 Å². The second kappa shape index (κ2) is 7.72. The summed E-state index contributed by atoms with van der Waals surface area (Å²) in [5.74, 6) is -0.989. The number of nitrogens with zero attached hydrogens (tertiary/aromatic N) is 3. The maximum Gasteiger partial charge on any atom is 0.246 e. The lowest BCUT2D eigenvalue weighted by Gasteiger charge is -2.27. The van der Waals surface area contributed by atoms with Crippen molar-refractivity contribution in [1.29, 1.82) is 0 Å². The molecule has 146 valence electrons. The molecule has 8 heteroatoms. The van der Waals surface area contributed by atoms with Gasteiger partial charge in [0, 0.05) is 31.9 Å². The molecule has 0 aromatic rings. The van der Waals surface area contributed by atoms with E-state index >= 15 is 0 Å². The van der Waals surface area contributed by atoms with Gasteiger partial charge in [-0.15, -0.1) is 0 Å². The summed E-state index contributed by atoms with van der Waals surface area (Å²) in [5.41, 5.74) is 0.438. The minimum atomic E-state index is -3.70.